The second-order valence-electron chi connectivity index (χ2n) is 4.76. The van der Waals surface area contributed by atoms with E-state index in [1.807, 2.05) is 0 Å². The van der Waals surface area contributed by atoms with Crippen molar-refractivity contribution in [1.82, 2.24) is 4.90 Å². The molecule has 4 heteroatoms. The van der Waals surface area contributed by atoms with Gasteiger partial charge in [-0.15, -0.1) is 0 Å². The molecule has 0 aromatic heterocycles. The first-order valence-corrected chi connectivity index (χ1v) is 5.75. The van der Waals surface area contributed by atoms with E-state index in [9.17, 15) is 14.7 Å². The number of piperidine rings is 1. The number of nitrogens with zero attached hydrogens (tertiary/aromatic N) is 1. The van der Waals surface area contributed by atoms with Crippen molar-refractivity contribution in [3.8, 4) is 0 Å². The predicted octanol–water partition coefficient (Wildman–Crippen LogP) is 1.28. The lowest BCUT2D eigenvalue weighted by Crippen LogP contribution is -2.41. The van der Waals surface area contributed by atoms with Gasteiger partial charge in [-0.1, -0.05) is 6.58 Å². The SMILES string of the molecule is C=CC(=O)N1CCC(C2(C(=O)O)CC2)CC1. The largest absolute Gasteiger partial charge is 0.481 e. The van der Waals surface area contributed by atoms with Crippen LogP contribution in [-0.4, -0.2) is 35.0 Å². The molecular formula is C12H17NO3. The fraction of sp³-hybridized carbons (Fsp3) is 0.667. The van der Waals surface area contributed by atoms with Crippen molar-refractivity contribution in [2.75, 3.05) is 13.1 Å². The first kappa shape index (κ1) is 11.2. The van der Waals surface area contributed by atoms with E-state index >= 15 is 0 Å². The molecule has 1 N–H and O–H groups in total. The van der Waals surface area contributed by atoms with Gasteiger partial charge in [0.15, 0.2) is 0 Å². The lowest BCUT2D eigenvalue weighted by atomic mass is 9.81. The normalized spacial score (nSPS) is 23.9. The molecule has 0 atom stereocenters. The molecule has 0 aromatic carbocycles. The van der Waals surface area contributed by atoms with E-state index in [2.05, 4.69) is 6.58 Å². The van der Waals surface area contributed by atoms with E-state index in [0.29, 0.717) is 13.1 Å². The molecule has 1 saturated heterocycles. The zero-order valence-corrected chi connectivity index (χ0v) is 9.32. The Morgan fingerprint density at radius 2 is 1.88 bits per heavy atom. The van der Waals surface area contributed by atoms with Crippen LogP contribution < -0.4 is 0 Å². The number of likely N-dealkylation sites (tertiary alicyclic amines) is 1. The molecule has 1 aliphatic carbocycles. The molecule has 1 saturated carbocycles. The summed E-state index contributed by atoms with van der Waals surface area (Å²) in [6.07, 6.45) is 4.56. The van der Waals surface area contributed by atoms with E-state index < -0.39 is 11.4 Å². The summed E-state index contributed by atoms with van der Waals surface area (Å²) in [6.45, 7) is 4.80. The quantitative estimate of drug-likeness (QED) is 0.733. The van der Waals surface area contributed by atoms with Crippen LogP contribution in [0, 0.1) is 11.3 Å². The van der Waals surface area contributed by atoms with E-state index in [0.717, 1.165) is 25.7 Å². The van der Waals surface area contributed by atoms with Gasteiger partial charge in [-0.25, -0.2) is 0 Å². The molecule has 16 heavy (non-hydrogen) atoms. The highest BCUT2D eigenvalue weighted by Crippen LogP contribution is 2.55. The van der Waals surface area contributed by atoms with Gasteiger partial charge in [0.2, 0.25) is 5.91 Å². The van der Waals surface area contributed by atoms with Crippen LogP contribution in [0.1, 0.15) is 25.7 Å². The Kier molecular flexibility index (Phi) is 2.74. The van der Waals surface area contributed by atoms with E-state index in [1.165, 1.54) is 6.08 Å². The minimum atomic E-state index is -0.652. The second-order valence-corrected chi connectivity index (χ2v) is 4.76. The number of hydrogen-bond acceptors (Lipinski definition) is 2. The molecule has 1 amide bonds. The lowest BCUT2D eigenvalue weighted by molar-refractivity contribution is -0.146. The third-order valence-corrected chi connectivity index (χ3v) is 3.98. The molecule has 1 heterocycles. The van der Waals surface area contributed by atoms with Gasteiger partial charge < -0.3 is 10.0 Å². The van der Waals surface area contributed by atoms with Crippen LogP contribution in [0.5, 0.6) is 0 Å². The first-order valence-electron chi connectivity index (χ1n) is 5.75. The van der Waals surface area contributed by atoms with Crippen LogP contribution >= 0.6 is 0 Å². The van der Waals surface area contributed by atoms with E-state index in [-0.39, 0.29) is 11.8 Å². The van der Waals surface area contributed by atoms with Gasteiger partial charge in [-0.2, -0.15) is 0 Å². The Hall–Kier alpha value is -1.32. The second kappa shape index (κ2) is 3.92. The van der Waals surface area contributed by atoms with Crippen molar-refractivity contribution in [3.05, 3.63) is 12.7 Å². The number of carbonyl (C=O) groups excluding carboxylic acids is 1. The summed E-state index contributed by atoms with van der Waals surface area (Å²) in [5.74, 6) is -0.446. The maximum absolute atomic E-state index is 11.4. The number of amides is 1. The first-order chi connectivity index (χ1) is 7.60. The molecule has 2 rings (SSSR count). The summed E-state index contributed by atoms with van der Waals surface area (Å²) in [5.41, 5.74) is -0.455. The smallest absolute Gasteiger partial charge is 0.309 e. The molecule has 88 valence electrons. The third kappa shape index (κ3) is 1.72. The maximum Gasteiger partial charge on any atom is 0.309 e. The van der Waals surface area contributed by atoms with Gasteiger partial charge in [0.25, 0.3) is 0 Å². The summed E-state index contributed by atoms with van der Waals surface area (Å²) < 4.78 is 0. The van der Waals surface area contributed by atoms with E-state index in [1.54, 1.807) is 4.90 Å². The Labute approximate surface area is 94.9 Å². The van der Waals surface area contributed by atoms with Crippen LogP contribution in [0.25, 0.3) is 0 Å². The average Bonchev–Trinajstić information content (AvgIpc) is 3.09. The Bertz CT molecular complexity index is 325. The lowest BCUT2D eigenvalue weighted by Gasteiger charge is -2.34. The zero-order chi connectivity index (χ0) is 11.8. The summed E-state index contributed by atoms with van der Waals surface area (Å²) >= 11 is 0. The van der Waals surface area contributed by atoms with Gasteiger partial charge in [0, 0.05) is 13.1 Å². The molecule has 4 nitrogen and oxygen atoms in total. The molecule has 0 unspecified atom stereocenters. The van der Waals surface area contributed by atoms with Gasteiger partial charge in [-0.05, 0) is 37.7 Å². The molecule has 1 aliphatic heterocycles. The topological polar surface area (TPSA) is 57.6 Å². The summed E-state index contributed by atoms with van der Waals surface area (Å²) in [7, 11) is 0. The number of carboxylic acid groups (broad SMARTS) is 1. The van der Waals surface area contributed by atoms with Gasteiger partial charge in [-0.3, -0.25) is 9.59 Å². The van der Waals surface area contributed by atoms with Crippen LogP contribution in [0.3, 0.4) is 0 Å². The maximum atomic E-state index is 11.4. The van der Waals surface area contributed by atoms with Crippen molar-refractivity contribution in [2.24, 2.45) is 11.3 Å². The van der Waals surface area contributed by atoms with Crippen molar-refractivity contribution in [3.63, 3.8) is 0 Å². The van der Waals surface area contributed by atoms with Crippen molar-refractivity contribution >= 4 is 11.9 Å². The van der Waals surface area contributed by atoms with Crippen LogP contribution in [0.15, 0.2) is 12.7 Å². The number of carbonyl (C=O) groups is 2. The predicted molar refractivity (Wildman–Crippen MR) is 58.8 cm³/mol. The van der Waals surface area contributed by atoms with Crippen LogP contribution in [0.2, 0.25) is 0 Å². The molecule has 0 aromatic rings. The Morgan fingerprint density at radius 1 is 1.31 bits per heavy atom. The minimum Gasteiger partial charge on any atom is -0.481 e. The summed E-state index contributed by atoms with van der Waals surface area (Å²) in [4.78, 5) is 24.3. The summed E-state index contributed by atoms with van der Waals surface area (Å²) in [5, 5.41) is 9.18. The monoisotopic (exact) mass is 223 g/mol. The van der Waals surface area contributed by atoms with Gasteiger partial charge >= 0.3 is 5.97 Å². The standard InChI is InChI=1S/C12H17NO3/c1-2-10(14)13-7-3-9(4-8-13)12(5-6-12)11(15)16/h2,9H,1,3-8H2,(H,15,16). The Balaban J connectivity index is 1.93. The van der Waals surface area contributed by atoms with Gasteiger partial charge in [0.05, 0.1) is 5.41 Å². The molecular weight excluding hydrogens is 206 g/mol. The fourth-order valence-corrected chi connectivity index (χ4v) is 2.71. The van der Waals surface area contributed by atoms with Crippen LogP contribution in [-0.2, 0) is 9.59 Å². The average molecular weight is 223 g/mol. The molecule has 0 radical (unpaired) electrons. The zero-order valence-electron chi connectivity index (χ0n) is 9.32. The third-order valence-electron chi connectivity index (χ3n) is 3.98. The highest BCUT2D eigenvalue weighted by molar-refractivity contribution is 5.87. The highest BCUT2D eigenvalue weighted by atomic mass is 16.4. The number of hydrogen-bond donors (Lipinski definition) is 1. The molecule has 0 spiro atoms. The fourth-order valence-electron chi connectivity index (χ4n) is 2.71. The summed E-state index contributed by atoms with van der Waals surface area (Å²) in [6, 6.07) is 0. The highest BCUT2D eigenvalue weighted by Gasteiger charge is 2.56. The molecule has 2 fully saturated rings. The van der Waals surface area contributed by atoms with Gasteiger partial charge in [0.1, 0.15) is 0 Å². The van der Waals surface area contributed by atoms with Crippen LogP contribution in [0.4, 0.5) is 0 Å². The minimum absolute atomic E-state index is 0.0429. The number of rotatable bonds is 3. The molecule has 0 bridgehead atoms. The van der Waals surface area contributed by atoms with E-state index in [4.69, 9.17) is 0 Å². The number of aliphatic carboxylic acids is 1. The van der Waals surface area contributed by atoms with Crippen molar-refractivity contribution in [1.29, 1.82) is 0 Å². The van der Waals surface area contributed by atoms with Crippen molar-refractivity contribution in [2.45, 2.75) is 25.7 Å². The van der Waals surface area contributed by atoms with Crippen molar-refractivity contribution < 1.29 is 14.7 Å². The number of carboxylic acids is 1. The molecule has 2 aliphatic rings. The Morgan fingerprint density at radius 3 is 2.25 bits per heavy atom.